The average molecular weight is 499 g/mol. The lowest BCUT2D eigenvalue weighted by molar-refractivity contribution is 0.368. The number of halogens is 1. The summed E-state index contributed by atoms with van der Waals surface area (Å²) in [6, 6.07) is 14.2. The van der Waals surface area contributed by atoms with Crippen molar-refractivity contribution in [3.05, 3.63) is 53.6 Å². The molecule has 28 heavy (non-hydrogen) atoms. The van der Waals surface area contributed by atoms with Crippen molar-refractivity contribution < 1.29 is 14.2 Å². The van der Waals surface area contributed by atoms with Gasteiger partial charge in [-0.25, -0.2) is 0 Å². The summed E-state index contributed by atoms with van der Waals surface area (Å²) in [5.41, 5.74) is 2.25. The van der Waals surface area contributed by atoms with E-state index in [2.05, 4.69) is 39.9 Å². The van der Waals surface area contributed by atoms with E-state index in [0.717, 1.165) is 30.9 Å². The Bertz CT molecular complexity index is 714. The molecule has 0 aliphatic heterocycles. The highest BCUT2D eigenvalue weighted by atomic mass is 127. The molecule has 0 atom stereocenters. The molecule has 154 valence electrons. The van der Waals surface area contributed by atoms with Gasteiger partial charge in [0.25, 0.3) is 0 Å². The minimum atomic E-state index is 0. The largest absolute Gasteiger partial charge is 0.496 e. The fourth-order valence-corrected chi connectivity index (χ4v) is 2.79. The minimum Gasteiger partial charge on any atom is -0.496 e. The molecule has 0 aliphatic carbocycles. The van der Waals surface area contributed by atoms with Crippen molar-refractivity contribution >= 4 is 29.9 Å². The Hall–Kier alpha value is -2.16. The summed E-state index contributed by atoms with van der Waals surface area (Å²) < 4.78 is 16.3. The van der Waals surface area contributed by atoms with Crippen LogP contribution in [0.4, 0.5) is 0 Å². The summed E-state index contributed by atoms with van der Waals surface area (Å²) in [5, 5.41) is 6.65. The number of rotatable bonds is 9. The molecule has 2 N–H and O–H groups in total. The number of guanidine groups is 1. The monoisotopic (exact) mass is 499 g/mol. The van der Waals surface area contributed by atoms with Crippen LogP contribution in [0.15, 0.2) is 47.5 Å². The highest BCUT2D eigenvalue weighted by Crippen LogP contribution is 2.33. The van der Waals surface area contributed by atoms with E-state index in [9.17, 15) is 0 Å². The standard InChI is InChI=1S/C21H29N3O3.HI/c1-22-21(23-12-8-11-16-9-6-5-7-10-16)24-15-18-19(26-3)13-17(25-2)14-20(18)27-4;/h5-7,9-10,13-14H,8,11-12,15H2,1-4H3,(H2,22,23,24);1H. The van der Waals surface area contributed by atoms with Crippen molar-refractivity contribution in [2.75, 3.05) is 34.9 Å². The number of ether oxygens (including phenoxy) is 3. The molecule has 0 bridgehead atoms. The topological polar surface area (TPSA) is 64.1 Å². The Kier molecular flexibility index (Phi) is 11.2. The number of benzene rings is 2. The van der Waals surface area contributed by atoms with Gasteiger partial charge in [0.1, 0.15) is 17.2 Å². The Morgan fingerprint density at radius 1 is 0.929 bits per heavy atom. The van der Waals surface area contributed by atoms with Crippen LogP contribution in [-0.4, -0.2) is 40.9 Å². The molecule has 0 fully saturated rings. The second-order valence-corrected chi connectivity index (χ2v) is 5.95. The summed E-state index contributed by atoms with van der Waals surface area (Å²) in [5.74, 6) is 2.84. The van der Waals surface area contributed by atoms with E-state index in [1.807, 2.05) is 18.2 Å². The number of nitrogens with one attached hydrogen (secondary N) is 2. The number of aliphatic imine (C=N–C) groups is 1. The van der Waals surface area contributed by atoms with Crippen LogP contribution in [0.5, 0.6) is 17.2 Å². The summed E-state index contributed by atoms with van der Waals surface area (Å²) in [6.45, 7) is 1.36. The van der Waals surface area contributed by atoms with Crippen LogP contribution in [0, 0.1) is 0 Å². The van der Waals surface area contributed by atoms with Crippen LogP contribution in [0.1, 0.15) is 17.5 Å². The van der Waals surface area contributed by atoms with Crippen LogP contribution in [0.3, 0.4) is 0 Å². The van der Waals surface area contributed by atoms with Gasteiger partial charge in [-0.15, -0.1) is 24.0 Å². The first-order valence-electron chi connectivity index (χ1n) is 8.99. The summed E-state index contributed by atoms with van der Waals surface area (Å²) in [7, 11) is 6.64. The minimum absolute atomic E-state index is 0. The van der Waals surface area contributed by atoms with Crippen molar-refractivity contribution in [2.45, 2.75) is 19.4 Å². The zero-order valence-electron chi connectivity index (χ0n) is 17.0. The van der Waals surface area contributed by atoms with Gasteiger partial charge in [-0.2, -0.15) is 0 Å². The Balaban J connectivity index is 0.00000392. The molecule has 0 spiro atoms. The predicted molar refractivity (Wildman–Crippen MR) is 124 cm³/mol. The zero-order valence-corrected chi connectivity index (χ0v) is 19.3. The van der Waals surface area contributed by atoms with E-state index in [0.29, 0.717) is 23.8 Å². The lowest BCUT2D eigenvalue weighted by Gasteiger charge is -2.17. The first kappa shape index (κ1) is 23.9. The quantitative estimate of drug-likeness (QED) is 0.239. The fraction of sp³-hybridized carbons (Fsp3) is 0.381. The third-order valence-electron chi connectivity index (χ3n) is 4.25. The molecule has 2 rings (SSSR count). The van der Waals surface area contributed by atoms with E-state index < -0.39 is 0 Å². The van der Waals surface area contributed by atoms with Crippen molar-refractivity contribution in [3.8, 4) is 17.2 Å². The molecule has 6 nitrogen and oxygen atoms in total. The van der Waals surface area contributed by atoms with Gasteiger partial charge >= 0.3 is 0 Å². The van der Waals surface area contributed by atoms with E-state index in [1.165, 1.54) is 5.56 Å². The second kappa shape index (κ2) is 13.1. The molecule has 0 amide bonds. The van der Waals surface area contributed by atoms with Crippen LogP contribution >= 0.6 is 24.0 Å². The molecule has 0 aliphatic rings. The summed E-state index contributed by atoms with van der Waals surface area (Å²) >= 11 is 0. The Morgan fingerprint density at radius 3 is 2.11 bits per heavy atom. The number of hydrogen-bond donors (Lipinski definition) is 2. The van der Waals surface area contributed by atoms with Gasteiger partial charge in [0.05, 0.1) is 33.4 Å². The second-order valence-electron chi connectivity index (χ2n) is 5.95. The Morgan fingerprint density at radius 2 is 1.57 bits per heavy atom. The molecular weight excluding hydrogens is 469 g/mol. The van der Waals surface area contributed by atoms with E-state index in [1.54, 1.807) is 28.4 Å². The van der Waals surface area contributed by atoms with E-state index >= 15 is 0 Å². The van der Waals surface area contributed by atoms with Crippen LogP contribution in [0.25, 0.3) is 0 Å². The van der Waals surface area contributed by atoms with E-state index in [4.69, 9.17) is 14.2 Å². The number of methoxy groups -OCH3 is 3. The molecule has 0 heterocycles. The van der Waals surface area contributed by atoms with Crippen molar-refractivity contribution in [1.29, 1.82) is 0 Å². The predicted octanol–water partition coefficient (Wildman–Crippen LogP) is 3.63. The Labute approximate surface area is 184 Å². The third-order valence-corrected chi connectivity index (χ3v) is 4.25. The molecule has 0 unspecified atom stereocenters. The van der Waals surface area contributed by atoms with Gasteiger partial charge < -0.3 is 24.8 Å². The van der Waals surface area contributed by atoms with Gasteiger partial charge in [0.15, 0.2) is 5.96 Å². The zero-order chi connectivity index (χ0) is 19.5. The molecule has 2 aromatic carbocycles. The molecule has 0 radical (unpaired) electrons. The first-order valence-corrected chi connectivity index (χ1v) is 8.99. The van der Waals surface area contributed by atoms with Gasteiger partial charge in [0, 0.05) is 25.7 Å². The highest BCUT2D eigenvalue weighted by molar-refractivity contribution is 14.0. The first-order chi connectivity index (χ1) is 13.2. The lowest BCUT2D eigenvalue weighted by Crippen LogP contribution is -2.37. The van der Waals surface area contributed by atoms with Crippen molar-refractivity contribution in [2.24, 2.45) is 4.99 Å². The molecule has 7 heteroatoms. The van der Waals surface area contributed by atoms with Gasteiger partial charge in [-0.3, -0.25) is 4.99 Å². The number of aryl methyl sites for hydroxylation is 1. The highest BCUT2D eigenvalue weighted by Gasteiger charge is 2.13. The number of hydrogen-bond acceptors (Lipinski definition) is 4. The fourth-order valence-electron chi connectivity index (χ4n) is 2.79. The molecule has 0 saturated heterocycles. The van der Waals surface area contributed by atoms with Crippen LogP contribution in [-0.2, 0) is 13.0 Å². The summed E-state index contributed by atoms with van der Waals surface area (Å²) in [6.07, 6.45) is 2.06. The van der Waals surface area contributed by atoms with E-state index in [-0.39, 0.29) is 24.0 Å². The van der Waals surface area contributed by atoms with Gasteiger partial charge in [-0.1, -0.05) is 30.3 Å². The van der Waals surface area contributed by atoms with Crippen molar-refractivity contribution in [1.82, 2.24) is 10.6 Å². The van der Waals surface area contributed by atoms with Gasteiger partial charge in [-0.05, 0) is 18.4 Å². The summed E-state index contributed by atoms with van der Waals surface area (Å²) in [4.78, 5) is 4.28. The molecule has 0 aromatic heterocycles. The lowest BCUT2D eigenvalue weighted by atomic mass is 10.1. The normalized spacial score (nSPS) is 10.6. The molecular formula is C21H30IN3O3. The average Bonchev–Trinajstić information content (AvgIpc) is 2.73. The SMILES string of the molecule is CN=C(NCCCc1ccccc1)NCc1c(OC)cc(OC)cc1OC.I. The van der Waals surface area contributed by atoms with Crippen LogP contribution < -0.4 is 24.8 Å². The maximum atomic E-state index is 5.48. The number of nitrogens with zero attached hydrogens (tertiary/aromatic N) is 1. The maximum absolute atomic E-state index is 5.48. The molecule has 0 saturated carbocycles. The smallest absolute Gasteiger partial charge is 0.191 e. The third kappa shape index (κ3) is 7.10. The molecule has 2 aromatic rings. The van der Waals surface area contributed by atoms with Crippen LogP contribution in [0.2, 0.25) is 0 Å². The van der Waals surface area contributed by atoms with Gasteiger partial charge in [0.2, 0.25) is 0 Å². The maximum Gasteiger partial charge on any atom is 0.191 e. The van der Waals surface area contributed by atoms with Crippen molar-refractivity contribution in [3.63, 3.8) is 0 Å².